The molecule has 0 aliphatic heterocycles. The maximum atomic E-state index is 13.4. The number of hydrogen-bond acceptors (Lipinski definition) is 5. The smallest absolute Gasteiger partial charge is 0.330 e. The number of anilines is 3. The summed E-state index contributed by atoms with van der Waals surface area (Å²) in [6.45, 7) is 9.69. The minimum absolute atomic E-state index is 0.0211. The second kappa shape index (κ2) is 11.5. The van der Waals surface area contributed by atoms with E-state index in [1.54, 1.807) is 12.1 Å². The summed E-state index contributed by atoms with van der Waals surface area (Å²) in [5.74, 6) is -0.147. The van der Waals surface area contributed by atoms with E-state index in [0.29, 0.717) is 25.1 Å². The summed E-state index contributed by atoms with van der Waals surface area (Å²) in [5.41, 5.74) is 6.59. The molecule has 2 aromatic rings. The summed E-state index contributed by atoms with van der Waals surface area (Å²) in [5, 5.41) is 0. The van der Waals surface area contributed by atoms with Gasteiger partial charge in [0.15, 0.2) is 5.69 Å². The van der Waals surface area contributed by atoms with Gasteiger partial charge in [0.1, 0.15) is 5.82 Å². The molecule has 0 unspecified atom stereocenters. The van der Waals surface area contributed by atoms with Crippen LogP contribution in [0, 0.1) is 5.92 Å². The van der Waals surface area contributed by atoms with Gasteiger partial charge in [-0.2, -0.15) is 0 Å². The van der Waals surface area contributed by atoms with Crippen LogP contribution in [-0.2, 0) is 6.54 Å². The standard InChI is InChI=1S/C24H37N5O3/c1-6-8-14-27(5)19-12-10-18(11-13-19)23(31)28(15-9-7-2)20-21(25)29(16-17(3)4)24(32)26-22(20)30/h10-13,17H,6-9,14-16,25H2,1-5H3,(H,26,30,32). The Morgan fingerprint density at radius 2 is 1.66 bits per heavy atom. The van der Waals surface area contributed by atoms with Gasteiger partial charge >= 0.3 is 5.69 Å². The number of nitrogens with one attached hydrogen (secondary N) is 1. The number of aromatic nitrogens is 2. The van der Waals surface area contributed by atoms with Gasteiger partial charge in [0, 0.05) is 37.9 Å². The van der Waals surface area contributed by atoms with Gasteiger partial charge < -0.3 is 15.5 Å². The maximum Gasteiger partial charge on any atom is 0.330 e. The number of nitrogens with two attached hydrogens (primary N) is 1. The molecule has 0 saturated heterocycles. The van der Waals surface area contributed by atoms with E-state index >= 15 is 0 Å². The van der Waals surface area contributed by atoms with E-state index in [-0.39, 0.29) is 23.3 Å². The molecule has 176 valence electrons. The lowest BCUT2D eigenvalue weighted by molar-refractivity contribution is 0.0986. The van der Waals surface area contributed by atoms with E-state index in [2.05, 4.69) is 16.8 Å². The molecule has 0 saturated carbocycles. The van der Waals surface area contributed by atoms with E-state index in [4.69, 9.17) is 5.73 Å². The molecular weight excluding hydrogens is 406 g/mol. The molecule has 1 heterocycles. The van der Waals surface area contributed by atoms with Crippen molar-refractivity contribution < 1.29 is 4.79 Å². The SMILES string of the molecule is CCCCN(C)c1ccc(C(=O)N(CCCC)c2c(N)n(CC(C)C)c(=O)[nH]c2=O)cc1. The lowest BCUT2D eigenvalue weighted by Crippen LogP contribution is -2.42. The third-order valence-corrected chi connectivity index (χ3v) is 5.41. The summed E-state index contributed by atoms with van der Waals surface area (Å²) < 4.78 is 1.33. The number of H-pyrrole nitrogens is 1. The van der Waals surface area contributed by atoms with Crippen LogP contribution in [0.2, 0.25) is 0 Å². The topological polar surface area (TPSA) is 104 Å². The van der Waals surface area contributed by atoms with E-state index < -0.39 is 11.2 Å². The van der Waals surface area contributed by atoms with Crippen molar-refractivity contribution in [2.24, 2.45) is 5.92 Å². The summed E-state index contributed by atoms with van der Waals surface area (Å²) in [6.07, 6.45) is 3.75. The second-order valence-corrected chi connectivity index (χ2v) is 8.63. The molecule has 0 atom stereocenters. The third kappa shape index (κ3) is 6.02. The highest BCUT2D eigenvalue weighted by Crippen LogP contribution is 2.22. The predicted molar refractivity (Wildman–Crippen MR) is 132 cm³/mol. The van der Waals surface area contributed by atoms with E-state index in [1.165, 1.54) is 9.47 Å². The lowest BCUT2D eigenvalue weighted by Gasteiger charge is -2.25. The molecule has 32 heavy (non-hydrogen) atoms. The average molecular weight is 444 g/mol. The summed E-state index contributed by atoms with van der Waals surface area (Å²) >= 11 is 0. The highest BCUT2D eigenvalue weighted by Gasteiger charge is 2.25. The first-order chi connectivity index (χ1) is 15.2. The lowest BCUT2D eigenvalue weighted by atomic mass is 10.1. The molecule has 1 amide bonds. The molecule has 0 aliphatic carbocycles. The van der Waals surface area contributed by atoms with Crippen molar-refractivity contribution in [3.8, 4) is 0 Å². The molecule has 0 bridgehead atoms. The minimum Gasteiger partial charge on any atom is -0.383 e. The largest absolute Gasteiger partial charge is 0.383 e. The van der Waals surface area contributed by atoms with Crippen molar-refractivity contribution in [2.45, 2.75) is 59.9 Å². The fraction of sp³-hybridized carbons (Fsp3) is 0.542. The first kappa shape index (κ1) is 25.2. The van der Waals surface area contributed by atoms with Crippen molar-refractivity contribution in [1.82, 2.24) is 9.55 Å². The number of rotatable bonds is 11. The molecule has 0 aliphatic rings. The van der Waals surface area contributed by atoms with Gasteiger partial charge in [-0.3, -0.25) is 19.1 Å². The molecule has 2 rings (SSSR count). The molecule has 8 nitrogen and oxygen atoms in total. The number of nitrogen functional groups attached to an aromatic ring is 1. The zero-order chi connectivity index (χ0) is 23.8. The Morgan fingerprint density at radius 1 is 1.06 bits per heavy atom. The van der Waals surface area contributed by atoms with Crippen LogP contribution in [0.15, 0.2) is 33.9 Å². The predicted octanol–water partition coefficient (Wildman–Crippen LogP) is 3.46. The fourth-order valence-corrected chi connectivity index (χ4v) is 3.55. The Labute approximate surface area is 190 Å². The summed E-state index contributed by atoms with van der Waals surface area (Å²) in [7, 11) is 2.03. The van der Waals surface area contributed by atoms with Crippen LogP contribution in [0.1, 0.15) is 63.7 Å². The molecule has 0 fully saturated rings. The molecule has 0 radical (unpaired) electrons. The van der Waals surface area contributed by atoms with Crippen LogP contribution in [0.25, 0.3) is 0 Å². The second-order valence-electron chi connectivity index (χ2n) is 8.63. The van der Waals surface area contributed by atoms with E-state index in [9.17, 15) is 14.4 Å². The van der Waals surface area contributed by atoms with Gasteiger partial charge in [-0.1, -0.05) is 40.5 Å². The Kier molecular flexibility index (Phi) is 9.11. The van der Waals surface area contributed by atoms with Crippen LogP contribution >= 0.6 is 0 Å². The van der Waals surface area contributed by atoms with Crippen LogP contribution in [0.3, 0.4) is 0 Å². The Balaban J connectivity index is 2.45. The zero-order valence-corrected chi connectivity index (χ0v) is 20.0. The number of aromatic amines is 1. The third-order valence-electron chi connectivity index (χ3n) is 5.41. The number of nitrogens with zero attached hydrogens (tertiary/aromatic N) is 3. The quantitative estimate of drug-likeness (QED) is 0.553. The van der Waals surface area contributed by atoms with Crippen molar-refractivity contribution in [1.29, 1.82) is 0 Å². The van der Waals surface area contributed by atoms with Crippen LogP contribution in [-0.4, -0.2) is 35.6 Å². The van der Waals surface area contributed by atoms with Gasteiger partial charge in [0.05, 0.1) is 0 Å². The number of amides is 1. The normalized spacial score (nSPS) is 11.1. The van der Waals surface area contributed by atoms with Gasteiger partial charge in [-0.15, -0.1) is 0 Å². The van der Waals surface area contributed by atoms with Crippen LogP contribution in [0.5, 0.6) is 0 Å². The zero-order valence-electron chi connectivity index (χ0n) is 20.0. The summed E-state index contributed by atoms with van der Waals surface area (Å²) in [6, 6.07) is 7.36. The van der Waals surface area contributed by atoms with E-state index in [1.807, 2.05) is 40.0 Å². The van der Waals surface area contributed by atoms with Gasteiger partial charge in [0.2, 0.25) is 0 Å². The van der Waals surface area contributed by atoms with Crippen molar-refractivity contribution in [2.75, 3.05) is 35.7 Å². The molecule has 3 N–H and O–H groups in total. The Morgan fingerprint density at radius 3 is 2.22 bits per heavy atom. The Hall–Kier alpha value is -3.03. The number of benzene rings is 1. The first-order valence-electron chi connectivity index (χ1n) is 11.5. The van der Waals surface area contributed by atoms with Gasteiger partial charge in [-0.25, -0.2) is 4.79 Å². The first-order valence-corrected chi connectivity index (χ1v) is 11.5. The molecule has 1 aromatic carbocycles. The minimum atomic E-state index is -0.645. The average Bonchev–Trinajstić information content (AvgIpc) is 2.76. The number of carbonyl (C=O) groups is 1. The monoisotopic (exact) mass is 443 g/mol. The van der Waals surface area contributed by atoms with E-state index in [0.717, 1.165) is 31.5 Å². The van der Waals surface area contributed by atoms with Gasteiger partial charge in [0.25, 0.3) is 11.5 Å². The van der Waals surface area contributed by atoms with Crippen molar-refractivity contribution in [3.05, 3.63) is 50.7 Å². The fourth-order valence-electron chi connectivity index (χ4n) is 3.55. The number of carbonyl (C=O) groups excluding carboxylic acids is 1. The number of unbranched alkanes of at least 4 members (excludes halogenated alkanes) is 2. The van der Waals surface area contributed by atoms with Crippen molar-refractivity contribution >= 4 is 23.1 Å². The van der Waals surface area contributed by atoms with Crippen molar-refractivity contribution in [3.63, 3.8) is 0 Å². The molecule has 8 heteroatoms. The molecule has 0 spiro atoms. The maximum absolute atomic E-state index is 13.4. The molecular formula is C24H37N5O3. The highest BCUT2D eigenvalue weighted by atomic mass is 16.2. The summed E-state index contributed by atoms with van der Waals surface area (Å²) in [4.78, 5) is 44.4. The molecule has 1 aromatic heterocycles. The number of hydrogen-bond donors (Lipinski definition) is 2. The van der Waals surface area contributed by atoms with Crippen LogP contribution < -0.4 is 26.8 Å². The van der Waals surface area contributed by atoms with Crippen LogP contribution in [0.4, 0.5) is 17.2 Å². The Bertz CT molecular complexity index is 1010. The highest BCUT2D eigenvalue weighted by molar-refractivity contribution is 6.07. The van der Waals surface area contributed by atoms with Gasteiger partial charge in [-0.05, 0) is 43.0 Å².